The van der Waals surface area contributed by atoms with Crippen molar-refractivity contribution in [2.45, 2.75) is 0 Å². The lowest BCUT2D eigenvalue weighted by Crippen LogP contribution is -2.21. The van der Waals surface area contributed by atoms with Gasteiger partial charge in [0, 0.05) is 21.1 Å². The van der Waals surface area contributed by atoms with Crippen molar-refractivity contribution in [3.8, 4) is 0 Å². The Bertz CT molecular complexity index is 461. The predicted octanol–water partition coefficient (Wildman–Crippen LogP) is 0.283. The van der Waals surface area contributed by atoms with Crippen molar-refractivity contribution in [1.82, 2.24) is 25.2 Å². The van der Waals surface area contributed by atoms with Crippen LogP contribution in [0.5, 0.6) is 0 Å². The van der Waals surface area contributed by atoms with Gasteiger partial charge in [-0.2, -0.15) is 15.1 Å². The van der Waals surface area contributed by atoms with E-state index >= 15 is 0 Å². The molecule has 2 heterocycles. The second kappa shape index (κ2) is 3.70. The largest absolute Gasteiger partial charge is 0.357 e. The van der Waals surface area contributed by atoms with E-state index in [0.29, 0.717) is 11.6 Å². The molecule has 0 spiro atoms. The van der Waals surface area contributed by atoms with Gasteiger partial charge in [-0.25, -0.2) is 5.01 Å². The van der Waals surface area contributed by atoms with E-state index in [-0.39, 0.29) is 0 Å². The van der Waals surface area contributed by atoms with E-state index < -0.39 is 0 Å². The van der Waals surface area contributed by atoms with Gasteiger partial charge in [-0.05, 0) is 0 Å². The Morgan fingerprint density at radius 2 is 2.13 bits per heavy atom. The van der Waals surface area contributed by atoms with Gasteiger partial charge in [0.05, 0.1) is 11.6 Å². The minimum absolute atomic E-state index is 0.552. The first-order chi connectivity index (χ1) is 7.20. The van der Waals surface area contributed by atoms with Gasteiger partial charge in [0.2, 0.25) is 5.95 Å². The number of fused-ring (bicyclic) bond motifs is 1. The van der Waals surface area contributed by atoms with E-state index in [0.717, 1.165) is 11.2 Å². The molecule has 0 saturated heterocycles. The first-order valence-corrected chi connectivity index (χ1v) is 4.53. The first kappa shape index (κ1) is 9.66. The van der Waals surface area contributed by atoms with Gasteiger partial charge < -0.3 is 10.7 Å². The van der Waals surface area contributed by atoms with Crippen LogP contribution in [0.1, 0.15) is 0 Å². The number of rotatable bonds is 3. The third-order valence-corrected chi connectivity index (χ3v) is 1.86. The molecule has 0 unspecified atom stereocenters. The summed E-state index contributed by atoms with van der Waals surface area (Å²) in [5.74, 6) is 1.28. The molecule has 0 fully saturated rings. The molecular formula is C8H13N7. The fourth-order valence-electron chi connectivity index (χ4n) is 1.24. The maximum atomic E-state index is 4.30. The number of hydrazine groups is 1. The number of anilines is 2. The lowest BCUT2D eigenvalue weighted by Gasteiger charge is -2.13. The molecule has 7 nitrogen and oxygen atoms in total. The van der Waals surface area contributed by atoms with Crippen LogP contribution in [0.2, 0.25) is 0 Å². The van der Waals surface area contributed by atoms with Crippen molar-refractivity contribution in [1.29, 1.82) is 0 Å². The smallest absolute Gasteiger partial charge is 0.226 e. The highest BCUT2D eigenvalue weighted by molar-refractivity contribution is 5.86. The van der Waals surface area contributed by atoms with Gasteiger partial charge in [-0.1, -0.05) is 0 Å². The van der Waals surface area contributed by atoms with Crippen molar-refractivity contribution in [2.75, 3.05) is 31.9 Å². The molecule has 0 amide bonds. The normalized spacial score (nSPS) is 10.9. The number of hydrogen-bond acceptors (Lipinski definition) is 6. The third kappa shape index (κ3) is 1.82. The van der Waals surface area contributed by atoms with E-state index in [1.54, 1.807) is 13.2 Å². The topological polar surface area (TPSA) is 81.8 Å². The fraction of sp³-hybridized carbons (Fsp3) is 0.375. The van der Waals surface area contributed by atoms with Crippen LogP contribution in [-0.2, 0) is 0 Å². The van der Waals surface area contributed by atoms with Gasteiger partial charge >= 0.3 is 0 Å². The zero-order chi connectivity index (χ0) is 10.8. The number of nitrogens with one attached hydrogen (secondary N) is 3. The van der Waals surface area contributed by atoms with Crippen molar-refractivity contribution >= 4 is 22.8 Å². The summed E-state index contributed by atoms with van der Waals surface area (Å²) in [6, 6.07) is 0. The van der Waals surface area contributed by atoms with Gasteiger partial charge in [0.1, 0.15) is 0 Å². The molecule has 2 aromatic rings. The average molecular weight is 207 g/mol. The van der Waals surface area contributed by atoms with Gasteiger partial charge in [0.15, 0.2) is 11.5 Å². The average Bonchev–Trinajstić information content (AvgIpc) is 2.64. The van der Waals surface area contributed by atoms with Crippen LogP contribution in [-0.4, -0.2) is 46.3 Å². The number of nitrogens with zero attached hydrogens (tertiary/aromatic N) is 4. The van der Waals surface area contributed by atoms with Crippen LogP contribution >= 0.6 is 0 Å². The molecule has 0 radical (unpaired) electrons. The molecule has 7 heteroatoms. The molecule has 0 saturated carbocycles. The Morgan fingerprint density at radius 1 is 1.33 bits per heavy atom. The Balaban J connectivity index is 2.53. The summed E-state index contributed by atoms with van der Waals surface area (Å²) in [5.41, 5.74) is 3.80. The Labute approximate surface area is 86.9 Å². The van der Waals surface area contributed by atoms with Crippen molar-refractivity contribution < 1.29 is 0 Å². The Hall–Kier alpha value is -1.89. The second-order valence-electron chi connectivity index (χ2n) is 3.28. The van der Waals surface area contributed by atoms with E-state index in [9.17, 15) is 0 Å². The van der Waals surface area contributed by atoms with E-state index in [1.807, 2.05) is 19.1 Å². The predicted molar refractivity (Wildman–Crippen MR) is 58.5 cm³/mol. The van der Waals surface area contributed by atoms with Gasteiger partial charge in [-0.15, -0.1) is 0 Å². The number of aromatic amines is 1. The molecular weight excluding hydrogens is 194 g/mol. The van der Waals surface area contributed by atoms with Crippen LogP contribution in [0.15, 0.2) is 6.20 Å². The van der Waals surface area contributed by atoms with Gasteiger partial charge in [0.25, 0.3) is 0 Å². The zero-order valence-corrected chi connectivity index (χ0v) is 8.87. The highest BCUT2D eigenvalue weighted by Crippen LogP contribution is 2.19. The number of hydrogen-bond donors (Lipinski definition) is 3. The molecule has 0 atom stereocenters. The quantitative estimate of drug-likeness (QED) is 0.627. The van der Waals surface area contributed by atoms with Crippen molar-refractivity contribution in [3.63, 3.8) is 0 Å². The molecule has 15 heavy (non-hydrogen) atoms. The summed E-state index contributed by atoms with van der Waals surface area (Å²) in [4.78, 5) is 8.52. The highest BCUT2D eigenvalue weighted by atomic mass is 15.5. The SMILES string of the molecule is CNc1nc(NN(C)C)c2cn[nH]c2n1. The number of H-pyrrole nitrogens is 1. The molecule has 2 rings (SSSR count). The fourth-order valence-corrected chi connectivity index (χ4v) is 1.24. The molecule has 2 aromatic heterocycles. The van der Waals surface area contributed by atoms with Crippen LogP contribution < -0.4 is 10.7 Å². The lowest BCUT2D eigenvalue weighted by molar-refractivity contribution is 0.493. The second-order valence-corrected chi connectivity index (χ2v) is 3.28. The van der Waals surface area contributed by atoms with E-state index in [2.05, 4.69) is 30.9 Å². The minimum atomic E-state index is 0.552. The first-order valence-electron chi connectivity index (χ1n) is 4.53. The molecule has 0 aliphatic carbocycles. The monoisotopic (exact) mass is 207 g/mol. The summed E-state index contributed by atoms with van der Waals surface area (Å²) >= 11 is 0. The molecule has 3 N–H and O–H groups in total. The summed E-state index contributed by atoms with van der Waals surface area (Å²) in [5, 5.41) is 12.3. The van der Waals surface area contributed by atoms with Crippen molar-refractivity contribution in [2.24, 2.45) is 0 Å². The molecule has 0 aliphatic rings. The Morgan fingerprint density at radius 3 is 2.80 bits per heavy atom. The lowest BCUT2D eigenvalue weighted by atomic mass is 10.4. The highest BCUT2D eigenvalue weighted by Gasteiger charge is 2.08. The van der Waals surface area contributed by atoms with Crippen LogP contribution in [0, 0.1) is 0 Å². The Kier molecular flexibility index (Phi) is 2.38. The summed E-state index contributed by atoms with van der Waals surface area (Å²) < 4.78 is 0. The van der Waals surface area contributed by atoms with E-state index in [4.69, 9.17) is 0 Å². The summed E-state index contributed by atoms with van der Waals surface area (Å²) in [7, 11) is 5.57. The summed E-state index contributed by atoms with van der Waals surface area (Å²) in [6.07, 6.45) is 1.70. The standard InChI is InChI=1S/C8H13N7/c1-9-8-11-6-5(4-10-13-6)7(12-8)14-15(2)3/h4H,1-3H3,(H3,9,10,11,12,13,14). The maximum Gasteiger partial charge on any atom is 0.226 e. The molecule has 0 aromatic carbocycles. The van der Waals surface area contributed by atoms with Crippen molar-refractivity contribution in [3.05, 3.63) is 6.20 Å². The number of aromatic nitrogens is 4. The van der Waals surface area contributed by atoms with Crippen LogP contribution in [0.4, 0.5) is 11.8 Å². The third-order valence-electron chi connectivity index (χ3n) is 1.86. The molecule has 0 bridgehead atoms. The molecule has 0 aliphatic heterocycles. The van der Waals surface area contributed by atoms with Crippen LogP contribution in [0.25, 0.3) is 11.0 Å². The van der Waals surface area contributed by atoms with Gasteiger partial charge in [-0.3, -0.25) is 5.10 Å². The molecule has 80 valence electrons. The maximum absolute atomic E-state index is 4.30. The van der Waals surface area contributed by atoms with Crippen LogP contribution in [0.3, 0.4) is 0 Å². The minimum Gasteiger partial charge on any atom is -0.357 e. The van der Waals surface area contributed by atoms with E-state index in [1.165, 1.54) is 0 Å². The zero-order valence-electron chi connectivity index (χ0n) is 8.87. The summed E-state index contributed by atoms with van der Waals surface area (Å²) in [6.45, 7) is 0.